The van der Waals surface area contributed by atoms with Gasteiger partial charge in [0.05, 0.1) is 0 Å². The van der Waals surface area contributed by atoms with Crippen molar-refractivity contribution in [2.24, 2.45) is 0 Å². The molecular formula is C25H30N2O2. The second-order valence-electron chi connectivity index (χ2n) is 7.74. The van der Waals surface area contributed by atoms with E-state index in [0.29, 0.717) is 32.6 Å². The van der Waals surface area contributed by atoms with Crippen molar-refractivity contribution < 1.29 is 9.59 Å². The fourth-order valence-corrected chi connectivity index (χ4v) is 3.70. The molecule has 1 fully saturated rings. The van der Waals surface area contributed by atoms with E-state index in [1.54, 1.807) is 6.08 Å². The number of rotatable bonds is 6. The molecule has 1 aliphatic rings. The maximum atomic E-state index is 12.5. The average molecular weight is 391 g/mol. The molecule has 152 valence electrons. The summed E-state index contributed by atoms with van der Waals surface area (Å²) in [6.07, 6.45) is 5.89. The van der Waals surface area contributed by atoms with Crippen molar-refractivity contribution in [1.29, 1.82) is 0 Å². The van der Waals surface area contributed by atoms with Gasteiger partial charge >= 0.3 is 0 Å². The van der Waals surface area contributed by atoms with Crippen molar-refractivity contribution in [2.75, 3.05) is 26.2 Å². The molecule has 0 saturated carbocycles. The third-order valence-electron chi connectivity index (χ3n) is 5.47. The Balaban J connectivity index is 1.42. The SMILES string of the molecule is Cc1ccc(/C=C/C(=O)N2CCN(C(=O)CCCc3ccccc3)CC2)c(C)c1. The van der Waals surface area contributed by atoms with Gasteiger partial charge in [0.25, 0.3) is 0 Å². The predicted octanol–water partition coefficient (Wildman–Crippen LogP) is 4.01. The van der Waals surface area contributed by atoms with Crippen molar-refractivity contribution >= 4 is 17.9 Å². The topological polar surface area (TPSA) is 40.6 Å². The molecule has 2 amide bonds. The molecule has 1 aliphatic heterocycles. The Bertz CT molecular complexity index is 866. The van der Waals surface area contributed by atoms with Crippen LogP contribution in [0.1, 0.15) is 35.1 Å². The second kappa shape index (κ2) is 10.1. The van der Waals surface area contributed by atoms with Crippen LogP contribution in [0.2, 0.25) is 0 Å². The maximum Gasteiger partial charge on any atom is 0.246 e. The number of hydrogen-bond donors (Lipinski definition) is 0. The molecule has 0 radical (unpaired) electrons. The Kier molecular flexibility index (Phi) is 7.23. The molecule has 3 rings (SSSR count). The lowest BCUT2D eigenvalue weighted by atomic mass is 10.1. The maximum absolute atomic E-state index is 12.5. The molecule has 0 N–H and O–H groups in total. The predicted molar refractivity (Wildman–Crippen MR) is 117 cm³/mol. The Labute approximate surface area is 173 Å². The van der Waals surface area contributed by atoms with Crippen LogP contribution in [0.4, 0.5) is 0 Å². The summed E-state index contributed by atoms with van der Waals surface area (Å²) in [5.74, 6) is 0.208. The van der Waals surface area contributed by atoms with E-state index in [1.165, 1.54) is 16.7 Å². The number of benzene rings is 2. The highest BCUT2D eigenvalue weighted by Crippen LogP contribution is 2.13. The summed E-state index contributed by atoms with van der Waals surface area (Å²) in [5, 5.41) is 0. The van der Waals surface area contributed by atoms with E-state index >= 15 is 0 Å². The first-order valence-electron chi connectivity index (χ1n) is 10.4. The lowest BCUT2D eigenvalue weighted by Crippen LogP contribution is -2.50. The van der Waals surface area contributed by atoms with Gasteiger partial charge in [0.2, 0.25) is 11.8 Å². The highest BCUT2D eigenvalue weighted by Gasteiger charge is 2.22. The van der Waals surface area contributed by atoms with E-state index in [9.17, 15) is 9.59 Å². The Morgan fingerprint density at radius 1 is 0.931 bits per heavy atom. The third kappa shape index (κ3) is 6.05. The summed E-state index contributed by atoms with van der Waals surface area (Å²) in [7, 11) is 0. The van der Waals surface area contributed by atoms with Crippen LogP contribution < -0.4 is 0 Å². The van der Waals surface area contributed by atoms with Crippen LogP contribution in [0.25, 0.3) is 6.08 Å². The van der Waals surface area contributed by atoms with Crippen molar-refractivity contribution in [2.45, 2.75) is 33.1 Å². The van der Waals surface area contributed by atoms with Crippen molar-refractivity contribution in [3.63, 3.8) is 0 Å². The van der Waals surface area contributed by atoms with Crippen LogP contribution in [0.15, 0.2) is 54.6 Å². The summed E-state index contributed by atoms with van der Waals surface area (Å²) in [4.78, 5) is 28.7. The minimum Gasteiger partial charge on any atom is -0.339 e. The van der Waals surface area contributed by atoms with E-state index in [0.717, 1.165) is 18.4 Å². The van der Waals surface area contributed by atoms with Gasteiger partial charge in [0.1, 0.15) is 0 Å². The number of nitrogens with zero attached hydrogens (tertiary/aromatic N) is 2. The molecule has 0 aliphatic carbocycles. The first-order valence-corrected chi connectivity index (χ1v) is 10.4. The van der Waals surface area contributed by atoms with Crippen LogP contribution in [-0.2, 0) is 16.0 Å². The number of carbonyl (C=O) groups is 2. The normalized spacial score (nSPS) is 14.4. The van der Waals surface area contributed by atoms with Crippen LogP contribution in [0.5, 0.6) is 0 Å². The van der Waals surface area contributed by atoms with Gasteiger partial charge in [-0.3, -0.25) is 9.59 Å². The van der Waals surface area contributed by atoms with Crippen molar-refractivity contribution in [3.8, 4) is 0 Å². The number of piperazine rings is 1. The molecule has 0 atom stereocenters. The highest BCUT2D eigenvalue weighted by atomic mass is 16.2. The smallest absolute Gasteiger partial charge is 0.246 e. The molecule has 4 heteroatoms. The lowest BCUT2D eigenvalue weighted by Gasteiger charge is -2.34. The summed E-state index contributed by atoms with van der Waals surface area (Å²) in [6.45, 7) is 6.55. The van der Waals surface area contributed by atoms with Gasteiger partial charge in [0, 0.05) is 38.7 Å². The zero-order valence-electron chi connectivity index (χ0n) is 17.4. The van der Waals surface area contributed by atoms with E-state index in [-0.39, 0.29) is 11.8 Å². The molecule has 0 unspecified atom stereocenters. The van der Waals surface area contributed by atoms with Gasteiger partial charge < -0.3 is 9.80 Å². The first-order chi connectivity index (χ1) is 14.0. The first kappa shape index (κ1) is 20.8. The largest absolute Gasteiger partial charge is 0.339 e. The van der Waals surface area contributed by atoms with Crippen molar-refractivity contribution in [3.05, 3.63) is 76.9 Å². The van der Waals surface area contributed by atoms with Gasteiger partial charge in [-0.1, -0.05) is 54.1 Å². The number of amides is 2. The average Bonchev–Trinajstić information content (AvgIpc) is 2.74. The number of aryl methyl sites for hydroxylation is 3. The molecule has 29 heavy (non-hydrogen) atoms. The molecule has 1 saturated heterocycles. The second-order valence-corrected chi connectivity index (χ2v) is 7.74. The van der Waals surface area contributed by atoms with Gasteiger partial charge in [0.15, 0.2) is 0 Å². The van der Waals surface area contributed by atoms with E-state index in [1.807, 2.05) is 40.1 Å². The minimum absolute atomic E-state index is 0.0150. The Morgan fingerprint density at radius 2 is 1.62 bits per heavy atom. The summed E-state index contributed by atoms with van der Waals surface area (Å²) < 4.78 is 0. The Hall–Kier alpha value is -2.88. The van der Waals surface area contributed by atoms with E-state index < -0.39 is 0 Å². The molecule has 0 aromatic heterocycles. The molecule has 0 spiro atoms. The molecular weight excluding hydrogens is 360 g/mol. The van der Waals surface area contributed by atoms with Crippen LogP contribution >= 0.6 is 0 Å². The van der Waals surface area contributed by atoms with Crippen molar-refractivity contribution in [1.82, 2.24) is 9.80 Å². The number of carbonyl (C=O) groups excluding carboxylic acids is 2. The zero-order chi connectivity index (χ0) is 20.6. The summed E-state index contributed by atoms with van der Waals surface area (Å²) >= 11 is 0. The zero-order valence-corrected chi connectivity index (χ0v) is 17.4. The van der Waals surface area contributed by atoms with Gasteiger partial charge in [-0.2, -0.15) is 0 Å². The number of hydrogen-bond acceptors (Lipinski definition) is 2. The summed E-state index contributed by atoms with van der Waals surface area (Å²) in [6, 6.07) is 16.5. The minimum atomic E-state index is 0.0150. The van der Waals surface area contributed by atoms with Crippen LogP contribution in [-0.4, -0.2) is 47.8 Å². The van der Waals surface area contributed by atoms with Gasteiger partial charge in [-0.25, -0.2) is 0 Å². The lowest BCUT2D eigenvalue weighted by molar-refractivity contribution is -0.137. The standard InChI is InChI=1S/C25H30N2O2/c1-20-11-12-23(21(2)19-20)13-14-25(29)27-17-15-26(16-18-27)24(28)10-6-9-22-7-4-3-5-8-22/h3-5,7-8,11-14,19H,6,9-10,15-18H2,1-2H3/b14-13+. The van der Waals surface area contributed by atoms with Crippen LogP contribution in [0.3, 0.4) is 0 Å². The fourth-order valence-electron chi connectivity index (χ4n) is 3.70. The van der Waals surface area contributed by atoms with Gasteiger partial charge in [-0.05, 0) is 49.5 Å². The summed E-state index contributed by atoms with van der Waals surface area (Å²) in [5.41, 5.74) is 4.72. The van der Waals surface area contributed by atoms with Crippen LogP contribution in [0, 0.1) is 13.8 Å². The van der Waals surface area contributed by atoms with E-state index in [4.69, 9.17) is 0 Å². The molecule has 1 heterocycles. The van der Waals surface area contributed by atoms with E-state index in [2.05, 4.69) is 38.1 Å². The third-order valence-corrected chi connectivity index (χ3v) is 5.47. The quantitative estimate of drug-likeness (QED) is 0.699. The molecule has 4 nitrogen and oxygen atoms in total. The monoisotopic (exact) mass is 390 g/mol. The molecule has 2 aromatic rings. The Morgan fingerprint density at radius 3 is 2.31 bits per heavy atom. The molecule has 0 bridgehead atoms. The molecule has 2 aromatic carbocycles. The van der Waals surface area contributed by atoms with Gasteiger partial charge in [-0.15, -0.1) is 0 Å². The highest BCUT2D eigenvalue weighted by molar-refractivity contribution is 5.92. The fraction of sp³-hybridized carbons (Fsp3) is 0.360.